The number of anilines is 1. The van der Waals surface area contributed by atoms with E-state index < -0.39 is 0 Å². The van der Waals surface area contributed by atoms with E-state index in [0.717, 1.165) is 24.7 Å². The van der Waals surface area contributed by atoms with Crippen LogP contribution in [0.4, 0.5) is 5.69 Å². The monoisotopic (exact) mass is 245 g/mol. The molecular formula is C16H23NO. The molecule has 18 heavy (non-hydrogen) atoms. The molecule has 2 nitrogen and oxygen atoms in total. The van der Waals surface area contributed by atoms with Gasteiger partial charge in [-0.05, 0) is 61.6 Å². The summed E-state index contributed by atoms with van der Waals surface area (Å²) in [6, 6.07) is 9.41. The molecule has 1 aromatic rings. The number of nitrogens with one attached hydrogen (secondary N) is 1. The van der Waals surface area contributed by atoms with Crippen molar-refractivity contribution in [3.63, 3.8) is 0 Å². The predicted octanol–water partition coefficient (Wildman–Crippen LogP) is 3.21. The highest BCUT2D eigenvalue weighted by Gasteiger charge is 2.39. The van der Waals surface area contributed by atoms with Crippen LogP contribution in [0.3, 0.4) is 0 Å². The Labute approximate surface area is 109 Å². The Bertz CT molecular complexity index is 404. The lowest BCUT2D eigenvalue weighted by Gasteiger charge is -2.24. The molecule has 98 valence electrons. The molecule has 0 heterocycles. The minimum Gasteiger partial charge on any atom is -0.396 e. The van der Waals surface area contributed by atoms with Crippen molar-refractivity contribution >= 4 is 5.69 Å². The molecule has 2 aliphatic rings. The Balaban J connectivity index is 1.62. The van der Waals surface area contributed by atoms with Gasteiger partial charge in [-0.15, -0.1) is 0 Å². The Morgan fingerprint density at radius 3 is 2.89 bits per heavy atom. The van der Waals surface area contributed by atoms with Crippen molar-refractivity contribution in [1.29, 1.82) is 0 Å². The highest BCUT2D eigenvalue weighted by atomic mass is 16.2. The Morgan fingerprint density at radius 2 is 2.17 bits per heavy atom. The zero-order valence-electron chi connectivity index (χ0n) is 10.9. The van der Waals surface area contributed by atoms with Gasteiger partial charge < -0.3 is 10.4 Å². The van der Waals surface area contributed by atoms with Gasteiger partial charge in [-0.25, -0.2) is 0 Å². The summed E-state index contributed by atoms with van der Waals surface area (Å²) in [5.74, 6) is 1.90. The van der Waals surface area contributed by atoms with Gasteiger partial charge in [0.15, 0.2) is 0 Å². The maximum absolute atomic E-state index is 8.88. The molecule has 1 aromatic carbocycles. The van der Waals surface area contributed by atoms with E-state index in [1.807, 2.05) is 0 Å². The molecule has 2 fully saturated rings. The molecule has 0 amide bonds. The maximum Gasteiger partial charge on any atom is 0.0434 e. The third kappa shape index (κ3) is 2.54. The van der Waals surface area contributed by atoms with Crippen LogP contribution in [0.25, 0.3) is 0 Å². The van der Waals surface area contributed by atoms with Gasteiger partial charge in [-0.3, -0.25) is 0 Å². The lowest BCUT2D eigenvalue weighted by atomic mass is 9.95. The fraction of sp³-hybridized carbons (Fsp3) is 0.625. The number of rotatable bonds is 5. The molecule has 2 saturated carbocycles. The van der Waals surface area contributed by atoms with Crippen LogP contribution in [0, 0.1) is 11.8 Å². The standard InChI is InChI=1S/C16H23NO/c18-8-2-4-12-3-1-5-15(10-12)17-16-11-13-6-7-14(16)9-13/h1,3,5,10,13-14,16-18H,2,4,6-9,11H2. The molecule has 2 aliphatic carbocycles. The van der Waals surface area contributed by atoms with Crippen LogP contribution < -0.4 is 5.32 Å². The zero-order valence-corrected chi connectivity index (χ0v) is 10.9. The summed E-state index contributed by atoms with van der Waals surface area (Å²) >= 11 is 0. The molecule has 0 spiro atoms. The van der Waals surface area contributed by atoms with Crippen molar-refractivity contribution in [2.45, 2.75) is 44.6 Å². The second-order valence-corrected chi connectivity index (χ2v) is 5.95. The molecule has 0 aliphatic heterocycles. The normalized spacial score (nSPS) is 29.7. The van der Waals surface area contributed by atoms with Crippen LogP contribution >= 0.6 is 0 Å². The molecule has 2 heteroatoms. The molecule has 2 N–H and O–H groups in total. The van der Waals surface area contributed by atoms with Crippen LogP contribution in [0.1, 0.15) is 37.7 Å². The minimum atomic E-state index is 0.282. The molecule has 3 atom stereocenters. The van der Waals surface area contributed by atoms with Gasteiger partial charge in [0, 0.05) is 18.3 Å². The molecule has 2 bridgehead atoms. The topological polar surface area (TPSA) is 32.3 Å². The van der Waals surface area contributed by atoms with E-state index in [-0.39, 0.29) is 6.61 Å². The van der Waals surface area contributed by atoms with Gasteiger partial charge in [0.25, 0.3) is 0 Å². The summed E-state index contributed by atoms with van der Waals surface area (Å²) in [7, 11) is 0. The maximum atomic E-state index is 8.88. The summed E-state index contributed by atoms with van der Waals surface area (Å²) in [4.78, 5) is 0. The van der Waals surface area contributed by atoms with Crippen LogP contribution in [0.15, 0.2) is 24.3 Å². The van der Waals surface area contributed by atoms with Gasteiger partial charge in [0.1, 0.15) is 0 Å². The molecule has 0 saturated heterocycles. The van der Waals surface area contributed by atoms with Crippen molar-refractivity contribution in [2.24, 2.45) is 11.8 Å². The summed E-state index contributed by atoms with van der Waals surface area (Å²) < 4.78 is 0. The fourth-order valence-electron chi connectivity index (χ4n) is 3.74. The van der Waals surface area contributed by atoms with Crippen molar-refractivity contribution in [2.75, 3.05) is 11.9 Å². The molecule has 0 radical (unpaired) electrons. The predicted molar refractivity (Wildman–Crippen MR) is 74.7 cm³/mol. The Hall–Kier alpha value is -1.02. The lowest BCUT2D eigenvalue weighted by Crippen LogP contribution is -2.25. The van der Waals surface area contributed by atoms with Gasteiger partial charge >= 0.3 is 0 Å². The first-order valence-electron chi connectivity index (χ1n) is 7.31. The van der Waals surface area contributed by atoms with Gasteiger partial charge in [-0.2, -0.15) is 0 Å². The van der Waals surface area contributed by atoms with E-state index in [1.54, 1.807) is 0 Å². The minimum absolute atomic E-state index is 0.282. The van der Waals surface area contributed by atoms with E-state index in [4.69, 9.17) is 5.11 Å². The van der Waals surface area contributed by atoms with E-state index in [1.165, 1.54) is 36.9 Å². The largest absolute Gasteiger partial charge is 0.396 e. The first-order valence-corrected chi connectivity index (χ1v) is 7.31. The SMILES string of the molecule is OCCCc1cccc(NC2CC3CCC2C3)c1. The van der Waals surface area contributed by atoms with E-state index >= 15 is 0 Å². The first-order chi connectivity index (χ1) is 8.85. The summed E-state index contributed by atoms with van der Waals surface area (Å²) in [5, 5.41) is 12.6. The summed E-state index contributed by atoms with van der Waals surface area (Å²) in [6.45, 7) is 0.282. The number of fused-ring (bicyclic) bond motifs is 2. The van der Waals surface area contributed by atoms with Crippen molar-refractivity contribution in [1.82, 2.24) is 0 Å². The average molecular weight is 245 g/mol. The summed E-state index contributed by atoms with van der Waals surface area (Å²) in [6.07, 6.45) is 7.53. The molecule has 3 rings (SSSR count). The van der Waals surface area contributed by atoms with Crippen molar-refractivity contribution < 1.29 is 5.11 Å². The zero-order chi connectivity index (χ0) is 12.4. The van der Waals surface area contributed by atoms with Gasteiger partial charge in [0.2, 0.25) is 0 Å². The number of aryl methyl sites for hydroxylation is 1. The smallest absolute Gasteiger partial charge is 0.0434 e. The van der Waals surface area contributed by atoms with E-state index in [0.29, 0.717) is 6.04 Å². The van der Waals surface area contributed by atoms with Crippen LogP contribution in [0.2, 0.25) is 0 Å². The second kappa shape index (κ2) is 5.31. The number of aliphatic hydroxyl groups is 1. The molecular weight excluding hydrogens is 222 g/mol. The van der Waals surface area contributed by atoms with Gasteiger partial charge in [-0.1, -0.05) is 18.6 Å². The van der Waals surface area contributed by atoms with Crippen molar-refractivity contribution in [3.05, 3.63) is 29.8 Å². The third-order valence-corrected chi connectivity index (χ3v) is 4.64. The van der Waals surface area contributed by atoms with Crippen LogP contribution in [-0.4, -0.2) is 17.8 Å². The highest BCUT2D eigenvalue weighted by Crippen LogP contribution is 2.45. The fourth-order valence-corrected chi connectivity index (χ4v) is 3.74. The van der Waals surface area contributed by atoms with E-state index in [9.17, 15) is 0 Å². The average Bonchev–Trinajstić information content (AvgIpc) is 2.99. The molecule has 3 unspecified atom stereocenters. The summed E-state index contributed by atoms with van der Waals surface area (Å²) in [5.41, 5.74) is 2.60. The number of aliphatic hydroxyl groups excluding tert-OH is 1. The van der Waals surface area contributed by atoms with E-state index in [2.05, 4.69) is 29.6 Å². The number of benzene rings is 1. The Kier molecular flexibility index (Phi) is 3.55. The highest BCUT2D eigenvalue weighted by molar-refractivity contribution is 5.47. The third-order valence-electron chi connectivity index (χ3n) is 4.64. The molecule has 0 aromatic heterocycles. The lowest BCUT2D eigenvalue weighted by molar-refractivity contribution is 0.288. The number of hydrogen-bond acceptors (Lipinski definition) is 2. The van der Waals surface area contributed by atoms with Gasteiger partial charge in [0.05, 0.1) is 0 Å². The second-order valence-electron chi connectivity index (χ2n) is 5.95. The first kappa shape index (κ1) is 12.0. The van der Waals surface area contributed by atoms with Crippen molar-refractivity contribution in [3.8, 4) is 0 Å². The quantitative estimate of drug-likeness (QED) is 0.835. The van der Waals surface area contributed by atoms with Crippen LogP contribution in [-0.2, 0) is 6.42 Å². The number of hydrogen-bond donors (Lipinski definition) is 2. The Morgan fingerprint density at radius 1 is 1.22 bits per heavy atom. The van der Waals surface area contributed by atoms with Crippen LogP contribution in [0.5, 0.6) is 0 Å².